The lowest BCUT2D eigenvalue weighted by molar-refractivity contribution is -0.205. The SMILES string of the molecule is CCC[C@@H]1C[C@@H](C(=O)NC([C@H]2O[C@H](SC)[C@H](O)[C@@H](O)[C@H]2O)[C@@H](C)Sc2ccc(C3CCCN(C)C3)cc2)N(C)C1. The Kier molecular flexibility index (Phi) is 11.7. The number of carbonyl (C=O) groups is 1. The molecule has 0 aromatic heterocycles. The number of likely N-dealkylation sites (N-methyl/N-ethyl adjacent to an activating group) is 2. The summed E-state index contributed by atoms with van der Waals surface area (Å²) in [7, 11) is 4.17. The van der Waals surface area contributed by atoms with Crippen LogP contribution in [-0.2, 0) is 9.53 Å². The van der Waals surface area contributed by atoms with Crippen molar-refractivity contribution in [3.8, 4) is 0 Å². The first-order valence-corrected chi connectivity index (χ1v) is 17.0. The zero-order chi connectivity index (χ0) is 29.0. The maximum absolute atomic E-state index is 13.6. The van der Waals surface area contributed by atoms with E-state index in [1.54, 1.807) is 18.0 Å². The molecule has 3 aliphatic rings. The van der Waals surface area contributed by atoms with Crippen LogP contribution in [0.4, 0.5) is 0 Å². The van der Waals surface area contributed by atoms with Crippen molar-refractivity contribution in [2.45, 2.75) is 104 Å². The number of hydrogen-bond donors (Lipinski definition) is 4. The summed E-state index contributed by atoms with van der Waals surface area (Å²) in [5, 5.41) is 35.2. The highest BCUT2D eigenvalue weighted by Crippen LogP contribution is 2.35. The van der Waals surface area contributed by atoms with Crippen molar-refractivity contribution in [2.75, 3.05) is 40.0 Å². The molecule has 4 rings (SSSR count). The van der Waals surface area contributed by atoms with E-state index in [4.69, 9.17) is 4.74 Å². The van der Waals surface area contributed by atoms with E-state index in [1.165, 1.54) is 30.2 Å². The molecule has 3 heterocycles. The van der Waals surface area contributed by atoms with E-state index in [-0.39, 0.29) is 17.2 Å². The van der Waals surface area contributed by atoms with Crippen molar-refractivity contribution >= 4 is 29.4 Å². The predicted octanol–water partition coefficient (Wildman–Crippen LogP) is 2.75. The molecule has 10 atom stereocenters. The number of amides is 1. The summed E-state index contributed by atoms with van der Waals surface area (Å²) < 4.78 is 6.17. The number of aliphatic hydroxyl groups is 3. The number of ether oxygens (including phenoxy) is 1. The number of likely N-dealkylation sites (tertiary alicyclic amines) is 2. The monoisotopic (exact) mass is 595 g/mol. The van der Waals surface area contributed by atoms with Crippen LogP contribution in [0, 0.1) is 5.92 Å². The van der Waals surface area contributed by atoms with E-state index in [0.29, 0.717) is 11.8 Å². The van der Waals surface area contributed by atoms with Crippen LogP contribution in [0.3, 0.4) is 0 Å². The zero-order valence-corrected chi connectivity index (χ0v) is 26.2. The number of aliphatic hydroxyl groups excluding tert-OH is 3. The van der Waals surface area contributed by atoms with Crippen LogP contribution < -0.4 is 5.32 Å². The van der Waals surface area contributed by atoms with E-state index in [0.717, 1.165) is 43.8 Å². The van der Waals surface area contributed by atoms with Crippen molar-refractivity contribution < 1.29 is 24.9 Å². The summed E-state index contributed by atoms with van der Waals surface area (Å²) in [5.41, 5.74) is 0.654. The van der Waals surface area contributed by atoms with Gasteiger partial charge in [-0.25, -0.2) is 0 Å². The number of nitrogens with zero attached hydrogens (tertiary/aromatic N) is 2. The van der Waals surface area contributed by atoms with Gasteiger partial charge in [-0.3, -0.25) is 9.69 Å². The Bertz CT molecular complexity index is 954. The molecule has 4 N–H and O–H groups in total. The maximum Gasteiger partial charge on any atom is 0.237 e. The number of nitrogens with one attached hydrogen (secondary N) is 1. The molecule has 3 fully saturated rings. The Hall–Kier alpha value is -0.850. The van der Waals surface area contributed by atoms with Crippen LogP contribution in [-0.4, -0.2) is 118 Å². The quantitative estimate of drug-likeness (QED) is 0.304. The Balaban J connectivity index is 1.51. The molecule has 1 aromatic carbocycles. The summed E-state index contributed by atoms with van der Waals surface area (Å²) in [6.07, 6.45) is 2.47. The van der Waals surface area contributed by atoms with Gasteiger partial charge in [0.15, 0.2) is 0 Å². The number of piperidine rings is 1. The highest BCUT2D eigenvalue weighted by Gasteiger charge is 2.48. The first-order chi connectivity index (χ1) is 19.1. The molecule has 0 radical (unpaired) electrons. The lowest BCUT2D eigenvalue weighted by atomic mass is 9.91. The van der Waals surface area contributed by atoms with Gasteiger partial charge in [0.05, 0.1) is 12.1 Å². The van der Waals surface area contributed by atoms with Crippen molar-refractivity contribution in [3.05, 3.63) is 29.8 Å². The minimum atomic E-state index is -1.36. The second-order valence-corrected chi connectivity index (χ2v) is 14.4. The van der Waals surface area contributed by atoms with Crippen molar-refractivity contribution in [2.24, 2.45) is 5.92 Å². The van der Waals surface area contributed by atoms with Crippen LogP contribution in [0.5, 0.6) is 0 Å². The minimum Gasteiger partial charge on any atom is -0.388 e. The van der Waals surface area contributed by atoms with Crippen molar-refractivity contribution in [1.29, 1.82) is 0 Å². The lowest BCUT2D eigenvalue weighted by Gasteiger charge is -2.44. The fourth-order valence-electron chi connectivity index (χ4n) is 6.67. The zero-order valence-electron chi connectivity index (χ0n) is 24.6. The van der Waals surface area contributed by atoms with Gasteiger partial charge in [0.1, 0.15) is 29.9 Å². The topological polar surface area (TPSA) is 106 Å². The normalized spacial score (nSPS) is 35.4. The largest absolute Gasteiger partial charge is 0.388 e. The van der Waals surface area contributed by atoms with Gasteiger partial charge >= 0.3 is 0 Å². The Morgan fingerprint density at radius 2 is 1.85 bits per heavy atom. The van der Waals surface area contributed by atoms with E-state index in [9.17, 15) is 20.1 Å². The number of thioether (sulfide) groups is 2. The van der Waals surface area contributed by atoms with Crippen LogP contribution in [0.25, 0.3) is 0 Å². The third-order valence-corrected chi connectivity index (χ3v) is 11.0. The van der Waals surface area contributed by atoms with Gasteiger partial charge in [0.25, 0.3) is 0 Å². The molecule has 40 heavy (non-hydrogen) atoms. The highest BCUT2D eigenvalue weighted by molar-refractivity contribution is 8.00. The van der Waals surface area contributed by atoms with Gasteiger partial charge in [0.2, 0.25) is 5.91 Å². The molecule has 0 bridgehead atoms. The minimum absolute atomic E-state index is 0.0765. The Morgan fingerprint density at radius 3 is 2.50 bits per heavy atom. The van der Waals surface area contributed by atoms with Gasteiger partial charge in [-0.2, -0.15) is 0 Å². The second-order valence-electron chi connectivity index (χ2n) is 12.1. The molecule has 0 saturated carbocycles. The standard InChI is InChI=1S/C30H49N3O5S2/c1-6-8-19-15-23(33(4)16-19)29(37)31-24(28-26(35)25(34)27(36)30(38-28)39-5)18(2)40-22-12-10-20(11-13-22)21-9-7-14-32(3)17-21/h10-13,18-19,21,23-28,30,34-36H,6-9,14-17H2,1-5H3,(H,31,37)/t18-,19-,21?,23+,24?,25+,26-,27-,28-,30-/m1/s1. The van der Waals surface area contributed by atoms with Gasteiger partial charge < -0.3 is 30.3 Å². The molecule has 8 nitrogen and oxygen atoms in total. The third-order valence-electron chi connectivity index (χ3n) is 8.94. The maximum atomic E-state index is 13.6. The summed E-state index contributed by atoms with van der Waals surface area (Å²) in [5.74, 6) is 0.963. The molecule has 1 amide bonds. The molecule has 3 aliphatic heterocycles. The van der Waals surface area contributed by atoms with Crippen LogP contribution in [0.1, 0.15) is 57.4 Å². The first kappa shape index (κ1) is 32.1. The first-order valence-electron chi connectivity index (χ1n) is 14.8. The molecule has 0 aliphatic carbocycles. The van der Waals surface area contributed by atoms with E-state index in [1.807, 2.05) is 14.0 Å². The smallest absolute Gasteiger partial charge is 0.237 e. The van der Waals surface area contributed by atoms with Gasteiger partial charge in [-0.05, 0) is 82.1 Å². The van der Waals surface area contributed by atoms with Gasteiger partial charge in [0, 0.05) is 23.2 Å². The average molecular weight is 596 g/mol. The summed E-state index contributed by atoms with van der Waals surface area (Å²) in [4.78, 5) is 19.2. The Morgan fingerprint density at radius 1 is 1.12 bits per heavy atom. The second kappa shape index (κ2) is 14.6. The summed E-state index contributed by atoms with van der Waals surface area (Å²) in [6.45, 7) is 7.33. The molecule has 1 aromatic rings. The molecule has 3 saturated heterocycles. The molecular weight excluding hydrogens is 546 g/mol. The highest BCUT2D eigenvalue weighted by atomic mass is 32.2. The molecule has 10 heteroatoms. The predicted molar refractivity (Wildman–Crippen MR) is 163 cm³/mol. The van der Waals surface area contributed by atoms with Gasteiger partial charge in [-0.1, -0.05) is 32.4 Å². The van der Waals surface area contributed by atoms with Crippen LogP contribution >= 0.6 is 23.5 Å². The fraction of sp³-hybridized carbons (Fsp3) is 0.767. The van der Waals surface area contributed by atoms with E-state index in [2.05, 4.69) is 53.4 Å². The Labute approximate surface area is 248 Å². The molecule has 0 spiro atoms. The van der Waals surface area contributed by atoms with Gasteiger partial charge in [-0.15, -0.1) is 23.5 Å². The van der Waals surface area contributed by atoms with Crippen LogP contribution in [0.15, 0.2) is 29.2 Å². The summed E-state index contributed by atoms with van der Waals surface area (Å²) in [6, 6.07) is 7.90. The summed E-state index contributed by atoms with van der Waals surface area (Å²) >= 11 is 2.91. The lowest BCUT2D eigenvalue weighted by Crippen LogP contribution is -2.65. The number of hydrogen-bond acceptors (Lipinski definition) is 9. The number of benzene rings is 1. The third kappa shape index (κ3) is 7.56. The number of rotatable bonds is 10. The average Bonchev–Trinajstić information content (AvgIpc) is 3.31. The molecule has 226 valence electrons. The van der Waals surface area contributed by atoms with E-state index >= 15 is 0 Å². The van der Waals surface area contributed by atoms with E-state index < -0.39 is 35.9 Å². The van der Waals surface area contributed by atoms with Crippen molar-refractivity contribution in [1.82, 2.24) is 15.1 Å². The fourth-order valence-corrected chi connectivity index (χ4v) is 8.44. The van der Waals surface area contributed by atoms with Crippen LogP contribution in [0.2, 0.25) is 0 Å². The van der Waals surface area contributed by atoms with Crippen molar-refractivity contribution in [3.63, 3.8) is 0 Å². The number of carbonyl (C=O) groups excluding carboxylic acids is 1. The molecular formula is C30H49N3O5S2. The molecule has 2 unspecified atom stereocenters.